The molecule has 1 N–H and O–H groups in total. The number of benzene rings is 1. The van der Waals surface area contributed by atoms with Gasteiger partial charge in [0.1, 0.15) is 0 Å². The van der Waals surface area contributed by atoms with Crippen LogP contribution in [0.3, 0.4) is 0 Å². The highest BCUT2D eigenvalue weighted by Gasteiger charge is 2.38. The molecule has 2 rings (SSSR count). The number of thioether (sulfide) groups is 1. The summed E-state index contributed by atoms with van der Waals surface area (Å²) in [6, 6.07) is 8.82. The average Bonchev–Trinajstić information content (AvgIpc) is 2.41. The van der Waals surface area contributed by atoms with Crippen molar-refractivity contribution in [1.82, 2.24) is 5.32 Å². The molecule has 0 radical (unpaired) electrons. The van der Waals surface area contributed by atoms with E-state index in [0.29, 0.717) is 16.7 Å². The van der Waals surface area contributed by atoms with Crippen molar-refractivity contribution in [2.45, 2.75) is 57.1 Å². The Morgan fingerprint density at radius 3 is 2.80 bits per heavy atom. The minimum absolute atomic E-state index is 0.395. The molecule has 1 aliphatic rings. The summed E-state index contributed by atoms with van der Waals surface area (Å²) in [6.45, 7) is 8.07. The highest BCUT2D eigenvalue weighted by atomic mass is 35.5. The zero-order valence-electron chi connectivity index (χ0n) is 12.8. The first-order chi connectivity index (χ1) is 9.54. The number of nitrogens with one attached hydrogen (secondary N) is 1. The maximum atomic E-state index is 6.27. The molecule has 1 aromatic carbocycles. The van der Waals surface area contributed by atoms with Gasteiger partial charge < -0.3 is 5.32 Å². The lowest BCUT2D eigenvalue weighted by molar-refractivity contribution is 0.176. The third-order valence-corrected chi connectivity index (χ3v) is 6.14. The van der Waals surface area contributed by atoms with Crippen LogP contribution in [0.4, 0.5) is 0 Å². The topological polar surface area (TPSA) is 12.0 Å². The fourth-order valence-corrected chi connectivity index (χ4v) is 5.12. The fraction of sp³-hybridized carbons (Fsp3) is 0.647. The minimum atomic E-state index is 0.395. The van der Waals surface area contributed by atoms with Crippen LogP contribution in [-0.2, 0) is 5.75 Å². The van der Waals surface area contributed by atoms with Crippen LogP contribution in [0.1, 0.15) is 45.6 Å². The zero-order valence-corrected chi connectivity index (χ0v) is 14.4. The molecule has 1 aromatic rings. The standard InChI is InChI=1S/C17H26ClNS/c1-4-19-16-15(10-7-11-17(16,2)3)20-12-13-8-5-6-9-14(13)18/h5-6,8-9,15-16,19H,4,7,10-12H2,1-3H3. The molecule has 20 heavy (non-hydrogen) atoms. The Hall–Kier alpha value is -0.180. The molecule has 2 unspecified atom stereocenters. The summed E-state index contributed by atoms with van der Waals surface area (Å²) in [6.07, 6.45) is 3.99. The van der Waals surface area contributed by atoms with Gasteiger partial charge >= 0.3 is 0 Å². The van der Waals surface area contributed by atoms with Gasteiger partial charge in [-0.25, -0.2) is 0 Å². The van der Waals surface area contributed by atoms with Crippen LogP contribution in [0, 0.1) is 5.41 Å². The van der Waals surface area contributed by atoms with E-state index in [4.69, 9.17) is 11.6 Å². The van der Waals surface area contributed by atoms with Crippen LogP contribution in [-0.4, -0.2) is 17.8 Å². The molecule has 0 heterocycles. The molecule has 1 aliphatic carbocycles. The van der Waals surface area contributed by atoms with Crippen molar-refractivity contribution in [2.24, 2.45) is 5.41 Å². The first kappa shape index (κ1) is 16.2. The van der Waals surface area contributed by atoms with Crippen molar-refractivity contribution >= 4 is 23.4 Å². The second-order valence-electron chi connectivity index (χ2n) is 6.36. The summed E-state index contributed by atoms with van der Waals surface area (Å²) >= 11 is 8.33. The van der Waals surface area contributed by atoms with Crippen molar-refractivity contribution in [1.29, 1.82) is 0 Å². The second kappa shape index (κ2) is 7.20. The summed E-state index contributed by atoms with van der Waals surface area (Å²) < 4.78 is 0. The van der Waals surface area contributed by atoms with E-state index in [1.165, 1.54) is 24.8 Å². The van der Waals surface area contributed by atoms with Crippen LogP contribution >= 0.6 is 23.4 Å². The molecule has 0 saturated heterocycles. The molecule has 1 nitrogen and oxygen atoms in total. The Kier molecular flexibility index (Phi) is 5.83. The maximum Gasteiger partial charge on any atom is 0.0446 e. The number of rotatable bonds is 5. The van der Waals surface area contributed by atoms with Crippen LogP contribution in [0.2, 0.25) is 5.02 Å². The largest absolute Gasteiger partial charge is 0.313 e. The molecule has 112 valence electrons. The smallest absolute Gasteiger partial charge is 0.0446 e. The fourth-order valence-electron chi connectivity index (χ4n) is 3.20. The number of hydrogen-bond acceptors (Lipinski definition) is 2. The van der Waals surface area contributed by atoms with Gasteiger partial charge in [0.25, 0.3) is 0 Å². The first-order valence-electron chi connectivity index (χ1n) is 7.63. The zero-order chi connectivity index (χ0) is 14.6. The minimum Gasteiger partial charge on any atom is -0.313 e. The molecule has 1 saturated carbocycles. The normalized spacial score (nSPS) is 25.6. The third kappa shape index (κ3) is 3.93. The predicted octanol–water partition coefficient (Wildman–Crippen LogP) is 5.13. The van der Waals surface area contributed by atoms with E-state index < -0.39 is 0 Å². The van der Waals surface area contributed by atoms with Gasteiger partial charge in [0, 0.05) is 22.1 Å². The first-order valence-corrected chi connectivity index (χ1v) is 9.05. The molecule has 0 amide bonds. The van der Waals surface area contributed by atoms with E-state index in [9.17, 15) is 0 Å². The average molecular weight is 312 g/mol. The quantitative estimate of drug-likeness (QED) is 0.809. The highest BCUT2D eigenvalue weighted by Crippen LogP contribution is 2.41. The summed E-state index contributed by atoms with van der Waals surface area (Å²) in [4.78, 5) is 0. The maximum absolute atomic E-state index is 6.27. The van der Waals surface area contributed by atoms with Crippen molar-refractivity contribution in [3.63, 3.8) is 0 Å². The summed E-state index contributed by atoms with van der Waals surface area (Å²) in [5.74, 6) is 1.02. The van der Waals surface area contributed by atoms with E-state index in [-0.39, 0.29) is 0 Å². The van der Waals surface area contributed by atoms with Gasteiger partial charge in [-0.15, -0.1) is 0 Å². The van der Waals surface area contributed by atoms with Gasteiger partial charge in [-0.05, 0) is 36.4 Å². The van der Waals surface area contributed by atoms with Gasteiger partial charge in [-0.1, -0.05) is 57.0 Å². The molecular formula is C17H26ClNS. The molecule has 0 bridgehead atoms. The SMILES string of the molecule is CCNC1C(SCc2ccccc2Cl)CCCC1(C)C. The Bertz CT molecular complexity index is 433. The van der Waals surface area contributed by atoms with Crippen molar-refractivity contribution in [3.05, 3.63) is 34.9 Å². The summed E-state index contributed by atoms with van der Waals surface area (Å²) in [5.41, 5.74) is 1.66. The van der Waals surface area contributed by atoms with Gasteiger partial charge in [0.05, 0.1) is 0 Å². The molecular weight excluding hydrogens is 286 g/mol. The Morgan fingerprint density at radius 1 is 1.35 bits per heavy atom. The van der Waals surface area contributed by atoms with Crippen LogP contribution in [0.25, 0.3) is 0 Å². The molecule has 3 heteroatoms. The summed E-state index contributed by atoms with van der Waals surface area (Å²) in [7, 11) is 0. The lowest BCUT2D eigenvalue weighted by Gasteiger charge is -2.44. The Balaban J connectivity index is 2.01. The number of hydrogen-bond donors (Lipinski definition) is 1. The van der Waals surface area contributed by atoms with Crippen molar-refractivity contribution in [2.75, 3.05) is 6.54 Å². The number of halogens is 1. The lowest BCUT2D eigenvalue weighted by Crippen LogP contribution is -2.51. The highest BCUT2D eigenvalue weighted by molar-refractivity contribution is 7.99. The summed E-state index contributed by atoms with van der Waals surface area (Å²) in [5, 5.41) is 5.31. The van der Waals surface area contributed by atoms with Crippen molar-refractivity contribution < 1.29 is 0 Å². The molecule has 0 aliphatic heterocycles. The molecule has 2 atom stereocenters. The van der Waals surface area contributed by atoms with Gasteiger partial charge in [0.15, 0.2) is 0 Å². The van der Waals surface area contributed by atoms with Gasteiger partial charge in [-0.2, -0.15) is 11.8 Å². The Morgan fingerprint density at radius 2 is 2.10 bits per heavy atom. The van der Waals surface area contributed by atoms with Crippen molar-refractivity contribution in [3.8, 4) is 0 Å². The van der Waals surface area contributed by atoms with E-state index in [1.54, 1.807) is 0 Å². The molecule has 0 aromatic heterocycles. The second-order valence-corrected chi connectivity index (χ2v) is 7.99. The lowest BCUT2D eigenvalue weighted by atomic mass is 9.73. The Labute approximate surface area is 132 Å². The predicted molar refractivity (Wildman–Crippen MR) is 91.6 cm³/mol. The van der Waals surface area contributed by atoms with Crippen LogP contribution in [0.15, 0.2) is 24.3 Å². The third-order valence-electron chi connectivity index (χ3n) is 4.36. The van der Waals surface area contributed by atoms with Crippen LogP contribution in [0.5, 0.6) is 0 Å². The molecule has 0 spiro atoms. The van der Waals surface area contributed by atoms with Gasteiger partial charge in [-0.3, -0.25) is 0 Å². The van der Waals surface area contributed by atoms with E-state index >= 15 is 0 Å². The molecule has 1 fully saturated rings. The van der Waals surface area contributed by atoms with E-state index in [1.807, 2.05) is 12.1 Å². The van der Waals surface area contributed by atoms with E-state index in [0.717, 1.165) is 17.3 Å². The monoisotopic (exact) mass is 311 g/mol. The van der Waals surface area contributed by atoms with Crippen LogP contribution < -0.4 is 5.32 Å². The van der Waals surface area contributed by atoms with E-state index in [2.05, 4.69) is 50.0 Å². The van der Waals surface area contributed by atoms with Gasteiger partial charge in [0.2, 0.25) is 0 Å².